The molecule has 0 aromatic rings. The van der Waals surface area contributed by atoms with Crippen molar-refractivity contribution in [2.75, 3.05) is 6.61 Å². The maximum absolute atomic E-state index is 13.7. The van der Waals surface area contributed by atoms with Gasteiger partial charge in [0.15, 0.2) is 0 Å². The second kappa shape index (κ2) is 8.11. The first-order valence-corrected chi connectivity index (χ1v) is 7.21. The Balaban J connectivity index is 6.90. The topological polar surface area (TPSA) is 26.3 Å². The number of hydrogen-bond donors (Lipinski definition) is 0. The molecule has 0 radical (unpaired) electrons. The van der Waals surface area contributed by atoms with Crippen LogP contribution in [0.25, 0.3) is 0 Å². The lowest BCUT2D eigenvalue weighted by atomic mass is 9.73. The number of hydrogen-bond acceptors (Lipinski definition) is 2. The Bertz CT molecular complexity index is 661. The van der Waals surface area contributed by atoms with E-state index in [2.05, 4.69) is 11.3 Å². The lowest BCUT2D eigenvalue weighted by Crippen LogP contribution is -2.77. The average Bonchev–Trinajstić information content (AvgIpc) is 2.49. The Morgan fingerprint density at radius 2 is 0.969 bits per heavy atom. The van der Waals surface area contributed by atoms with Gasteiger partial charge in [-0.1, -0.05) is 6.58 Å². The number of esters is 1. The first-order chi connectivity index (χ1) is 13.7. The molecular weight excluding hydrogens is 511 g/mol. The van der Waals surface area contributed by atoms with Gasteiger partial charge in [-0.3, -0.25) is 0 Å². The fourth-order valence-electron chi connectivity index (χ4n) is 2.17. The van der Waals surface area contributed by atoms with Crippen molar-refractivity contribution in [3.63, 3.8) is 0 Å². The zero-order chi connectivity index (χ0) is 26.4. The number of carbonyl (C=O) groups is 1. The molecule has 0 aromatic heterocycles. The summed E-state index contributed by atoms with van der Waals surface area (Å²) in [6.45, 7) is 0.586. The molecule has 0 N–H and O–H groups in total. The highest BCUT2D eigenvalue weighted by atomic mass is 19.4. The normalized spacial score (nSPS) is 15.5. The fourth-order valence-corrected chi connectivity index (χ4v) is 2.17. The van der Waals surface area contributed by atoms with E-state index in [0.29, 0.717) is 0 Å². The molecule has 0 heterocycles. The second-order valence-electron chi connectivity index (χ2n) is 5.79. The number of halogens is 17. The standard InChI is InChI=1S/C13H7F17O2/c1-2-5(31)32-4-3-6(14,15)8(16,17)10(20,21)9(18,19)7(11(22,23)24,12(25,26)27)13(28,29)30/h2H,1,3-4H2. The largest absolute Gasteiger partial charge is 0.462 e. The van der Waals surface area contributed by atoms with E-state index in [1.807, 2.05) is 0 Å². The summed E-state index contributed by atoms with van der Waals surface area (Å²) >= 11 is 0. The minimum atomic E-state index is -8.97. The van der Waals surface area contributed by atoms with Gasteiger partial charge in [0.2, 0.25) is 0 Å². The Kier molecular flexibility index (Phi) is 7.60. The van der Waals surface area contributed by atoms with Crippen molar-refractivity contribution in [3.8, 4) is 0 Å². The second-order valence-corrected chi connectivity index (χ2v) is 5.79. The van der Waals surface area contributed by atoms with Crippen LogP contribution in [0, 0.1) is 5.41 Å². The SMILES string of the molecule is C=CC(=O)OCCC(F)(F)C(F)(F)C(F)(F)C(F)(F)C(C(F)(F)F)(C(F)(F)F)C(F)(F)F. The van der Waals surface area contributed by atoms with Gasteiger partial charge in [0, 0.05) is 6.08 Å². The molecule has 0 spiro atoms. The van der Waals surface area contributed by atoms with Crippen LogP contribution in [0.2, 0.25) is 0 Å². The molecular formula is C13H7F17O2. The van der Waals surface area contributed by atoms with Gasteiger partial charge in [-0.15, -0.1) is 0 Å². The summed E-state index contributed by atoms with van der Waals surface area (Å²) < 4.78 is 226. The van der Waals surface area contributed by atoms with Crippen molar-refractivity contribution in [3.05, 3.63) is 12.7 Å². The quantitative estimate of drug-likeness (QED) is 0.214. The van der Waals surface area contributed by atoms with Crippen molar-refractivity contribution in [1.29, 1.82) is 0 Å². The smallest absolute Gasteiger partial charge is 0.418 e. The first kappa shape index (κ1) is 30.0. The van der Waals surface area contributed by atoms with E-state index in [1.165, 1.54) is 0 Å². The van der Waals surface area contributed by atoms with Gasteiger partial charge >= 0.3 is 53.6 Å². The van der Waals surface area contributed by atoms with Gasteiger partial charge in [0.05, 0.1) is 13.0 Å². The van der Waals surface area contributed by atoms with E-state index < -0.39 is 66.6 Å². The average molecular weight is 518 g/mol. The highest BCUT2D eigenvalue weighted by Crippen LogP contribution is 2.71. The number of alkyl halides is 17. The van der Waals surface area contributed by atoms with Gasteiger partial charge in [-0.05, 0) is 0 Å². The fraction of sp³-hybridized carbons (Fsp3) is 0.769. The summed E-state index contributed by atoms with van der Waals surface area (Å²) in [6, 6.07) is 0. The molecule has 0 rings (SSSR count). The van der Waals surface area contributed by atoms with Crippen LogP contribution in [0.5, 0.6) is 0 Å². The van der Waals surface area contributed by atoms with Crippen molar-refractivity contribution >= 4 is 5.97 Å². The number of rotatable bonds is 8. The van der Waals surface area contributed by atoms with Crippen molar-refractivity contribution in [2.24, 2.45) is 5.41 Å². The van der Waals surface area contributed by atoms with Crippen LogP contribution in [0.15, 0.2) is 12.7 Å². The number of ether oxygens (including phenoxy) is 1. The van der Waals surface area contributed by atoms with E-state index in [0.717, 1.165) is 0 Å². The Morgan fingerprint density at radius 3 is 1.25 bits per heavy atom. The maximum Gasteiger partial charge on any atom is 0.418 e. The van der Waals surface area contributed by atoms with Crippen molar-refractivity contribution < 1.29 is 84.2 Å². The van der Waals surface area contributed by atoms with Crippen LogP contribution in [0.3, 0.4) is 0 Å². The summed E-state index contributed by atoms with van der Waals surface area (Å²) in [5.74, 6) is -34.0. The maximum atomic E-state index is 13.7. The molecule has 0 aliphatic carbocycles. The zero-order valence-corrected chi connectivity index (χ0v) is 14.4. The molecule has 2 nitrogen and oxygen atoms in total. The molecule has 0 fully saturated rings. The minimum absolute atomic E-state index is 0.170. The summed E-state index contributed by atoms with van der Waals surface area (Å²) in [5.41, 5.74) is -8.89. The zero-order valence-electron chi connectivity index (χ0n) is 14.4. The Hall–Kier alpha value is -1.98. The third kappa shape index (κ3) is 4.17. The molecule has 0 aromatic carbocycles. The van der Waals surface area contributed by atoms with E-state index in [4.69, 9.17) is 0 Å². The molecule has 0 aliphatic heterocycles. The monoisotopic (exact) mass is 518 g/mol. The number of carbonyl (C=O) groups excluding carboxylic acids is 1. The van der Waals surface area contributed by atoms with Crippen molar-refractivity contribution in [2.45, 2.75) is 48.6 Å². The van der Waals surface area contributed by atoms with E-state index in [-0.39, 0.29) is 6.08 Å². The van der Waals surface area contributed by atoms with Gasteiger partial charge in [0.25, 0.3) is 0 Å². The summed E-state index contributed by atoms with van der Waals surface area (Å²) in [7, 11) is 0. The first-order valence-electron chi connectivity index (χ1n) is 7.21. The highest BCUT2D eigenvalue weighted by molar-refractivity contribution is 5.81. The summed E-state index contributed by atoms with van der Waals surface area (Å²) in [4.78, 5) is 10.6. The van der Waals surface area contributed by atoms with Crippen LogP contribution in [0.4, 0.5) is 74.6 Å². The lowest BCUT2D eigenvalue weighted by Gasteiger charge is -2.47. The van der Waals surface area contributed by atoms with Crippen LogP contribution >= 0.6 is 0 Å². The predicted molar refractivity (Wildman–Crippen MR) is 66.2 cm³/mol. The molecule has 190 valence electrons. The molecule has 0 amide bonds. The van der Waals surface area contributed by atoms with E-state index in [9.17, 15) is 79.4 Å². The minimum Gasteiger partial charge on any atom is -0.462 e. The predicted octanol–water partition coefficient (Wildman–Crippen LogP) is 6.32. The third-order valence-electron chi connectivity index (χ3n) is 3.82. The summed E-state index contributed by atoms with van der Waals surface area (Å²) in [6.07, 6.45) is -28.2. The van der Waals surface area contributed by atoms with Gasteiger partial charge in [-0.2, -0.15) is 74.6 Å². The Morgan fingerprint density at radius 1 is 0.625 bits per heavy atom. The molecule has 0 bridgehead atoms. The molecule has 19 heteroatoms. The summed E-state index contributed by atoms with van der Waals surface area (Å²) in [5, 5.41) is 0. The van der Waals surface area contributed by atoms with Gasteiger partial charge in [0.1, 0.15) is 0 Å². The van der Waals surface area contributed by atoms with Crippen molar-refractivity contribution in [1.82, 2.24) is 0 Å². The molecule has 0 saturated heterocycles. The molecule has 0 aliphatic rings. The lowest BCUT2D eigenvalue weighted by molar-refractivity contribution is -0.513. The van der Waals surface area contributed by atoms with Crippen LogP contribution < -0.4 is 0 Å². The molecule has 0 unspecified atom stereocenters. The van der Waals surface area contributed by atoms with Crippen LogP contribution in [0.1, 0.15) is 6.42 Å². The Labute approximate surface area is 165 Å². The van der Waals surface area contributed by atoms with E-state index in [1.54, 1.807) is 0 Å². The van der Waals surface area contributed by atoms with Crippen LogP contribution in [-0.2, 0) is 9.53 Å². The molecule has 32 heavy (non-hydrogen) atoms. The van der Waals surface area contributed by atoms with Gasteiger partial charge in [-0.25, -0.2) is 4.79 Å². The van der Waals surface area contributed by atoms with Crippen LogP contribution in [-0.4, -0.2) is 54.8 Å². The highest BCUT2D eigenvalue weighted by Gasteiger charge is 3.00. The van der Waals surface area contributed by atoms with Gasteiger partial charge < -0.3 is 4.74 Å². The third-order valence-corrected chi connectivity index (χ3v) is 3.82. The molecule has 0 atom stereocenters. The molecule has 0 saturated carbocycles. The van der Waals surface area contributed by atoms with E-state index >= 15 is 0 Å².